The van der Waals surface area contributed by atoms with Crippen molar-refractivity contribution in [3.8, 4) is 10.7 Å². The van der Waals surface area contributed by atoms with Crippen LogP contribution in [-0.2, 0) is 6.54 Å². The lowest BCUT2D eigenvalue weighted by atomic mass is 10.1. The van der Waals surface area contributed by atoms with Gasteiger partial charge in [-0.3, -0.25) is 4.79 Å². The molecule has 2 heterocycles. The number of fused-ring (bicyclic) bond motifs is 1. The third-order valence-electron chi connectivity index (χ3n) is 4.73. The molecule has 0 saturated heterocycles. The van der Waals surface area contributed by atoms with Crippen molar-refractivity contribution in [1.29, 1.82) is 0 Å². The molecule has 0 aliphatic rings. The lowest BCUT2D eigenvalue weighted by Crippen LogP contribution is -2.43. The summed E-state index contributed by atoms with van der Waals surface area (Å²) in [6.07, 6.45) is -4.86. The lowest BCUT2D eigenvalue weighted by molar-refractivity contribution is -0.0805. The molecule has 5 N–H and O–H groups in total. The number of aliphatic hydroxyl groups excluding tert-OH is 4. The van der Waals surface area contributed by atoms with Crippen molar-refractivity contribution in [3.63, 3.8) is 0 Å². The zero-order valence-corrected chi connectivity index (χ0v) is 16.9. The molecule has 30 heavy (non-hydrogen) atoms. The molecular formula is C18H20N4O7S. The lowest BCUT2D eigenvalue weighted by Gasteiger charge is -2.23. The van der Waals surface area contributed by atoms with Crippen LogP contribution in [0, 0.1) is 13.8 Å². The first-order valence-electron chi connectivity index (χ1n) is 8.88. The van der Waals surface area contributed by atoms with Crippen molar-refractivity contribution in [2.75, 3.05) is 6.61 Å². The molecule has 0 spiro atoms. The normalized spacial score (nSPS) is 14.6. The van der Waals surface area contributed by atoms with E-state index in [0.29, 0.717) is 22.6 Å². The van der Waals surface area contributed by atoms with Gasteiger partial charge in [0.15, 0.2) is 10.7 Å². The second-order valence-corrected chi connectivity index (χ2v) is 7.59. The first kappa shape index (κ1) is 21.9. The molecule has 12 heteroatoms. The monoisotopic (exact) mass is 436 g/mol. The van der Waals surface area contributed by atoms with Crippen molar-refractivity contribution in [1.82, 2.24) is 18.9 Å². The van der Waals surface area contributed by atoms with Crippen LogP contribution < -0.4 is 5.56 Å². The average Bonchev–Trinajstić information content (AvgIpc) is 3.20. The molecule has 0 aliphatic heterocycles. The minimum atomic E-state index is -1.69. The van der Waals surface area contributed by atoms with Crippen molar-refractivity contribution in [3.05, 3.63) is 39.4 Å². The minimum absolute atomic E-state index is 0.00305. The molecule has 3 aromatic rings. The van der Waals surface area contributed by atoms with E-state index in [1.54, 1.807) is 12.1 Å². The Kier molecular flexibility index (Phi) is 6.24. The number of carbonyl (C=O) groups is 1. The zero-order valence-electron chi connectivity index (χ0n) is 16.1. The Hall–Kier alpha value is -2.77. The van der Waals surface area contributed by atoms with Crippen LogP contribution in [-0.4, -0.2) is 75.3 Å². The molecule has 3 atom stereocenters. The van der Waals surface area contributed by atoms with E-state index < -0.39 is 48.8 Å². The summed E-state index contributed by atoms with van der Waals surface area (Å²) >= 11 is 0.701. The van der Waals surface area contributed by atoms with E-state index in [9.17, 15) is 24.9 Å². The highest BCUT2D eigenvalue weighted by Crippen LogP contribution is 2.22. The Bertz CT molecular complexity index is 1160. The number of rotatable bonds is 7. The molecule has 0 unspecified atom stereocenters. The number of benzene rings is 1. The van der Waals surface area contributed by atoms with Crippen molar-refractivity contribution in [2.45, 2.75) is 38.7 Å². The van der Waals surface area contributed by atoms with Crippen molar-refractivity contribution < 1.29 is 30.3 Å². The van der Waals surface area contributed by atoms with Gasteiger partial charge < -0.3 is 30.1 Å². The van der Waals surface area contributed by atoms with Gasteiger partial charge in [0.05, 0.1) is 24.2 Å². The third-order valence-corrected chi connectivity index (χ3v) is 5.45. The third kappa shape index (κ3) is 4.08. The minimum Gasteiger partial charge on any atom is -0.475 e. The van der Waals surface area contributed by atoms with E-state index in [1.807, 2.05) is 13.8 Å². The number of aromatic carboxylic acids is 1. The first-order chi connectivity index (χ1) is 14.1. The number of aryl methyl sites for hydroxylation is 2. The van der Waals surface area contributed by atoms with Crippen molar-refractivity contribution in [2.24, 2.45) is 0 Å². The van der Waals surface area contributed by atoms with Gasteiger partial charge in [-0.1, -0.05) is 0 Å². The fraction of sp³-hybridized carbons (Fsp3) is 0.389. The van der Waals surface area contributed by atoms with E-state index in [4.69, 9.17) is 10.2 Å². The average molecular weight is 436 g/mol. The van der Waals surface area contributed by atoms with Crippen LogP contribution in [0.4, 0.5) is 0 Å². The standard InChI is InChI=1S/C18H20N4O7S/c1-7-3-9-10(4-8(7)2)22(5-11(24)14(26)12(25)6-23)17(27)13(19-9)16-20-15(18(28)29)21-30-16/h3-4,11-12,14,23-26H,5-6H2,1-2H3,(H,28,29)/t11-,12+,14-/m0/s1. The Morgan fingerprint density at radius 1 is 1.13 bits per heavy atom. The number of carboxylic acids is 1. The summed E-state index contributed by atoms with van der Waals surface area (Å²) in [6, 6.07) is 3.43. The van der Waals surface area contributed by atoms with E-state index in [-0.39, 0.29) is 10.7 Å². The van der Waals surface area contributed by atoms with Gasteiger partial charge in [-0.05, 0) is 48.6 Å². The number of aromatic nitrogens is 4. The summed E-state index contributed by atoms with van der Waals surface area (Å²) in [5, 5.41) is 47.9. The van der Waals surface area contributed by atoms with Crippen LogP contribution in [0.25, 0.3) is 21.7 Å². The van der Waals surface area contributed by atoms with Crippen LogP contribution in [0.1, 0.15) is 21.7 Å². The molecule has 0 amide bonds. The SMILES string of the molecule is Cc1cc2nc(-c3nc(C(=O)O)ns3)c(=O)n(C[C@H](O)[C@H](O)[C@H](O)CO)c2cc1C. The van der Waals surface area contributed by atoms with E-state index in [2.05, 4.69) is 14.3 Å². The summed E-state index contributed by atoms with van der Waals surface area (Å²) < 4.78 is 4.86. The first-order valence-corrected chi connectivity index (χ1v) is 9.65. The van der Waals surface area contributed by atoms with E-state index in [1.165, 1.54) is 4.57 Å². The second-order valence-electron chi connectivity index (χ2n) is 6.84. The van der Waals surface area contributed by atoms with E-state index >= 15 is 0 Å². The summed E-state index contributed by atoms with van der Waals surface area (Å²) in [4.78, 5) is 32.4. The number of nitrogens with zero attached hydrogens (tertiary/aromatic N) is 4. The van der Waals surface area contributed by atoms with Gasteiger partial charge in [0.25, 0.3) is 11.4 Å². The Morgan fingerprint density at radius 2 is 1.80 bits per heavy atom. The summed E-state index contributed by atoms with van der Waals surface area (Å²) in [6.45, 7) is 2.52. The van der Waals surface area contributed by atoms with Gasteiger partial charge in [0, 0.05) is 0 Å². The fourth-order valence-corrected chi connectivity index (χ4v) is 3.52. The van der Waals surface area contributed by atoms with Gasteiger partial charge in [-0.25, -0.2) is 14.8 Å². The zero-order chi connectivity index (χ0) is 22.2. The molecule has 3 rings (SSSR count). The maximum absolute atomic E-state index is 13.1. The number of hydrogen-bond donors (Lipinski definition) is 5. The van der Waals surface area contributed by atoms with Crippen LogP contribution >= 0.6 is 11.5 Å². The molecule has 0 saturated carbocycles. The highest BCUT2D eigenvalue weighted by Gasteiger charge is 2.27. The van der Waals surface area contributed by atoms with Crippen LogP contribution in [0.3, 0.4) is 0 Å². The van der Waals surface area contributed by atoms with Gasteiger partial charge in [-0.15, -0.1) is 0 Å². The molecule has 2 aromatic heterocycles. The fourth-order valence-electron chi connectivity index (χ4n) is 2.88. The molecule has 11 nitrogen and oxygen atoms in total. The topological polar surface area (TPSA) is 179 Å². The number of carboxylic acid groups (broad SMARTS) is 1. The maximum atomic E-state index is 13.1. The molecule has 0 bridgehead atoms. The number of hydrogen-bond acceptors (Lipinski definition) is 10. The summed E-state index contributed by atoms with van der Waals surface area (Å²) in [7, 11) is 0. The molecular weight excluding hydrogens is 416 g/mol. The summed E-state index contributed by atoms with van der Waals surface area (Å²) in [5.74, 6) is -1.81. The van der Waals surface area contributed by atoms with Crippen LogP contribution in [0.2, 0.25) is 0 Å². The van der Waals surface area contributed by atoms with Crippen LogP contribution in [0.5, 0.6) is 0 Å². The van der Waals surface area contributed by atoms with Crippen molar-refractivity contribution >= 4 is 28.5 Å². The van der Waals surface area contributed by atoms with Gasteiger partial charge >= 0.3 is 5.97 Å². The second kappa shape index (κ2) is 8.53. The van der Waals surface area contributed by atoms with E-state index in [0.717, 1.165) is 11.1 Å². The molecule has 0 fully saturated rings. The highest BCUT2D eigenvalue weighted by atomic mass is 32.1. The van der Waals surface area contributed by atoms with Gasteiger partial charge in [0.1, 0.15) is 18.3 Å². The Morgan fingerprint density at radius 3 is 2.40 bits per heavy atom. The predicted octanol–water partition coefficient (Wildman–Crippen LogP) is -0.695. The summed E-state index contributed by atoms with van der Waals surface area (Å²) in [5.41, 5.74) is 1.69. The van der Waals surface area contributed by atoms with Gasteiger partial charge in [-0.2, -0.15) is 4.37 Å². The van der Waals surface area contributed by atoms with Gasteiger partial charge in [0.2, 0.25) is 0 Å². The maximum Gasteiger partial charge on any atom is 0.375 e. The predicted molar refractivity (Wildman–Crippen MR) is 106 cm³/mol. The largest absolute Gasteiger partial charge is 0.475 e. The smallest absolute Gasteiger partial charge is 0.375 e. The highest BCUT2D eigenvalue weighted by molar-refractivity contribution is 7.09. The molecule has 160 valence electrons. The Labute approximate surface area is 173 Å². The molecule has 0 aliphatic carbocycles. The quantitative estimate of drug-likeness (QED) is 0.318. The Balaban J connectivity index is 2.20. The molecule has 0 radical (unpaired) electrons. The number of aliphatic hydroxyl groups is 4. The molecule has 1 aromatic carbocycles. The van der Waals surface area contributed by atoms with Crippen LogP contribution in [0.15, 0.2) is 16.9 Å².